The molecule has 0 aliphatic heterocycles. The second-order valence-corrected chi connectivity index (χ2v) is 6.03. The van der Waals surface area contributed by atoms with Crippen molar-refractivity contribution in [1.82, 2.24) is 5.32 Å². The molecule has 0 radical (unpaired) electrons. The summed E-state index contributed by atoms with van der Waals surface area (Å²) in [5, 5.41) is 8.25. The third-order valence-electron chi connectivity index (χ3n) is 3.16. The van der Waals surface area contributed by atoms with E-state index < -0.39 is 17.7 Å². The highest BCUT2D eigenvalue weighted by Gasteiger charge is 2.15. The number of halogens is 2. The van der Waals surface area contributed by atoms with Crippen molar-refractivity contribution in [2.45, 2.75) is 6.92 Å². The Morgan fingerprint density at radius 1 is 0.920 bits per heavy atom. The molecule has 0 atom stereocenters. The number of aryl methyl sites for hydroxylation is 1. The number of carbonyl (C=O) groups excluding carboxylic acids is 3. The maximum atomic E-state index is 11.9. The molecule has 3 N–H and O–H groups in total. The maximum Gasteiger partial charge on any atom is 0.313 e. The first-order chi connectivity index (χ1) is 11.8. The Morgan fingerprint density at radius 2 is 1.64 bits per heavy atom. The van der Waals surface area contributed by atoms with Gasteiger partial charge in [0.05, 0.1) is 6.54 Å². The van der Waals surface area contributed by atoms with Gasteiger partial charge in [-0.2, -0.15) is 0 Å². The summed E-state index contributed by atoms with van der Waals surface area (Å²) < 4.78 is 0. The Kier molecular flexibility index (Phi) is 6.38. The smallest absolute Gasteiger partial charge is 0.313 e. The maximum absolute atomic E-state index is 11.9. The Morgan fingerprint density at radius 3 is 2.32 bits per heavy atom. The summed E-state index contributed by atoms with van der Waals surface area (Å²) in [7, 11) is 0. The van der Waals surface area contributed by atoms with Crippen molar-refractivity contribution in [2.75, 3.05) is 17.2 Å². The molecule has 0 aliphatic rings. The van der Waals surface area contributed by atoms with Crippen molar-refractivity contribution in [3.8, 4) is 0 Å². The highest BCUT2D eigenvalue weighted by molar-refractivity contribution is 6.40. The molecule has 0 saturated heterocycles. The SMILES string of the molecule is Cc1cc(Cl)ccc1NC(=O)CNC(=O)C(=O)Nc1cccc(Cl)c1. The zero-order valence-corrected chi connectivity index (χ0v) is 14.7. The van der Waals surface area contributed by atoms with Gasteiger partial charge in [-0.25, -0.2) is 0 Å². The molecule has 6 nitrogen and oxygen atoms in total. The first kappa shape index (κ1) is 18.8. The molecule has 0 spiro atoms. The van der Waals surface area contributed by atoms with Gasteiger partial charge >= 0.3 is 11.8 Å². The van der Waals surface area contributed by atoms with Gasteiger partial charge in [0, 0.05) is 21.4 Å². The number of benzene rings is 2. The fraction of sp³-hybridized carbons (Fsp3) is 0.118. The van der Waals surface area contributed by atoms with Gasteiger partial charge in [-0.3, -0.25) is 14.4 Å². The quantitative estimate of drug-likeness (QED) is 0.713. The minimum Gasteiger partial charge on any atom is -0.339 e. The van der Waals surface area contributed by atoms with Crippen molar-refractivity contribution < 1.29 is 14.4 Å². The summed E-state index contributed by atoms with van der Waals surface area (Å²) in [6.45, 7) is 1.45. The van der Waals surface area contributed by atoms with E-state index in [2.05, 4.69) is 16.0 Å². The molecule has 0 aromatic heterocycles. The van der Waals surface area contributed by atoms with E-state index in [0.717, 1.165) is 5.56 Å². The lowest BCUT2D eigenvalue weighted by Gasteiger charge is -2.10. The Hall–Kier alpha value is -2.57. The van der Waals surface area contributed by atoms with Crippen LogP contribution >= 0.6 is 23.2 Å². The van der Waals surface area contributed by atoms with Crippen LogP contribution in [-0.4, -0.2) is 24.3 Å². The summed E-state index contributed by atoms with van der Waals surface area (Å²) in [5.74, 6) is -2.28. The second-order valence-electron chi connectivity index (χ2n) is 5.15. The molecule has 0 bridgehead atoms. The number of hydrogen-bond acceptors (Lipinski definition) is 3. The summed E-state index contributed by atoms with van der Waals surface area (Å²) in [6, 6.07) is 11.4. The van der Waals surface area contributed by atoms with Crippen molar-refractivity contribution in [3.05, 3.63) is 58.1 Å². The molecular weight excluding hydrogens is 365 g/mol. The summed E-state index contributed by atoms with van der Waals surface area (Å²) in [6.07, 6.45) is 0. The van der Waals surface area contributed by atoms with E-state index in [1.807, 2.05) is 0 Å². The van der Waals surface area contributed by atoms with E-state index >= 15 is 0 Å². The fourth-order valence-electron chi connectivity index (χ4n) is 1.96. The molecule has 130 valence electrons. The van der Waals surface area contributed by atoms with E-state index in [1.165, 1.54) is 6.07 Å². The van der Waals surface area contributed by atoms with E-state index in [9.17, 15) is 14.4 Å². The van der Waals surface area contributed by atoms with Gasteiger partial charge in [-0.1, -0.05) is 29.3 Å². The fourth-order valence-corrected chi connectivity index (χ4v) is 2.37. The highest BCUT2D eigenvalue weighted by Crippen LogP contribution is 2.19. The zero-order valence-electron chi connectivity index (χ0n) is 13.2. The van der Waals surface area contributed by atoms with Crippen LogP contribution < -0.4 is 16.0 Å². The molecular formula is C17H15Cl2N3O3. The summed E-state index contributed by atoms with van der Waals surface area (Å²) in [5.41, 5.74) is 1.74. The minimum atomic E-state index is -0.928. The summed E-state index contributed by atoms with van der Waals surface area (Å²) >= 11 is 11.6. The van der Waals surface area contributed by atoms with Gasteiger partial charge in [0.2, 0.25) is 5.91 Å². The molecule has 0 saturated carbocycles. The van der Waals surface area contributed by atoms with Crippen LogP contribution in [0.4, 0.5) is 11.4 Å². The molecule has 0 heterocycles. The van der Waals surface area contributed by atoms with Crippen molar-refractivity contribution >= 4 is 52.3 Å². The van der Waals surface area contributed by atoms with Crippen LogP contribution in [0.5, 0.6) is 0 Å². The Balaban J connectivity index is 1.84. The molecule has 0 fully saturated rings. The molecule has 0 unspecified atom stereocenters. The van der Waals surface area contributed by atoms with E-state index in [-0.39, 0.29) is 6.54 Å². The molecule has 2 aromatic rings. The Labute approximate surface area is 154 Å². The van der Waals surface area contributed by atoms with Gasteiger partial charge in [-0.05, 0) is 48.9 Å². The first-order valence-electron chi connectivity index (χ1n) is 7.26. The summed E-state index contributed by atoms with van der Waals surface area (Å²) in [4.78, 5) is 35.4. The van der Waals surface area contributed by atoms with Crippen LogP contribution in [0.15, 0.2) is 42.5 Å². The molecule has 2 aromatic carbocycles. The van der Waals surface area contributed by atoms with Crippen molar-refractivity contribution in [2.24, 2.45) is 0 Å². The molecule has 25 heavy (non-hydrogen) atoms. The topological polar surface area (TPSA) is 87.3 Å². The average molecular weight is 380 g/mol. The van der Waals surface area contributed by atoms with E-state index in [1.54, 1.807) is 43.3 Å². The number of nitrogens with one attached hydrogen (secondary N) is 3. The Bertz CT molecular complexity index is 825. The molecule has 2 rings (SSSR count). The lowest BCUT2D eigenvalue weighted by atomic mass is 10.2. The van der Waals surface area contributed by atoms with Crippen LogP contribution in [-0.2, 0) is 14.4 Å². The average Bonchev–Trinajstić information content (AvgIpc) is 2.55. The zero-order chi connectivity index (χ0) is 18.4. The van der Waals surface area contributed by atoms with Crippen molar-refractivity contribution in [3.63, 3.8) is 0 Å². The number of carbonyl (C=O) groups is 3. The highest BCUT2D eigenvalue weighted by atomic mass is 35.5. The van der Waals surface area contributed by atoms with E-state index in [0.29, 0.717) is 21.4 Å². The normalized spacial score (nSPS) is 10.0. The van der Waals surface area contributed by atoms with Gasteiger partial charge in [0.1, 0.15) is 0 Å². The van der Waals surface area contributed by atoms with Crippen LogP contribution in [0.25, 0.3) is 0 Å². The van der Waals surface area contributed by atoms with Gasteiger partial charge < -0.3 is 16.0 Å². The van der Waals surface area contributed by atoms with Crippen LogP contribution in [0.2, 0.25) is 10.0 Å². The first-order valence-corrected chi connectivity index (χ1v) is 8.01. The largest absolute Gasteiger partial charge is 0.339 e. The molecule has 3 amide bonds. The van der Waals surface area contributed by atoms with E-state index in [4.69, 9.17) is 23.2 Å². The number of amides is 3. The number of rotatable bonds is 4. The monoisotopic (exact) mass is 379 g/mol. The predicted molar refractivity (Wildman–Crippen MR) is 97.9 cm³/mol. The van der Waals surface area contributed by atoms with Crippen LogP contribution in [0.3, 0.4) is 0 Å². The third-order valence-corrected chi connectivity index (χ3v) is 3.63. The van der Waals surface area contributed by atoms with Gasteiger partial charge in [0.25, 0.3) is 0 Å². The van der Waals surface area contributed by atoms with Gasteiger partial charge in [0.15, 0.2) is 0 Å². The van der Waals surface area contributed by atoms with Crippen LogP contribution in [0.1, 0.15) is 5.56 Å². The molecule has 0 aliphatic carbocycles. The van der Waals surface area contributed by atoms with Crippen molar-refractivity contribution in [1.29, 1.82) is 0 Å². The number of anilines is 2. The van der Waals surface area contributed by atoms with Gasteiger partial charge in [-0.15, -0.1) is 0 Å². The lowest BCUT2D eigenvalue weighted by Crippen LogP contribution is -2.39. The number of hydrogen-bond donors (Lipinski definition) is 3. The van der Waals surface area contributed by atoms with Crippen LogP contribution in [0, 0.1) is 6.92 Å². The minimum absolute atomic E-state index is 0.343. The molecule has 8 heteroatoms. The second kappa shape index (κ2) is 8.50. The third kappa shape index (κ3) is 5.77. The standard InChI is InChI=1S/C17H15Cl2N3O3/c1-10-7-12(19)5-6-14(10)22-15(23)9-20-16(24)17(25)21-13-4-2-3-11(18)8-13/h2-8H,9H2,1H3,(H,20,24)(H,21,25)(H,22,23). The predicted octanol–water partition coefficient (Wildman–Crippen LogP) is 3.00. The lowest BCUT2D eigenvalue weighted by molar-refractivity contribution is -0.136.